The molecule has 38 heavy (non-hydrogen) atoms. The molecule has 0 spiro atoms. The molecule has 1 aliphatic rings. The quantitative estimate of drug-likeness (QED) is 0.341. The molecule has 4 aromatic rings. The van der Waals surface area contributed by atoms with Gasteiger partial charge in [0.25, 0.3) is 11.8 Å². The molecule has 2 unspecified atom stereocenters. The van der Waals surface area contributed by atoms with Crippen molar-refractivity contribution in [3.8, 4) is 23.0 Å². The SMILES string of the molecule is COc1ccc(NC(=O)C2Oc3c(c(=O)oc4ccccc34)C2c2ccc(OCC(N)=O)c(OC)c2)cc1. The molecular formula is C28H24N2O8. The first kappa shape index (κ1) is 24.7. The molecule has 0 saturated heterocycles. The van der Waals surface area contributed by atoms with Crippen molar-refractivity contribution in [2.24, 2.45) is 5.73 Å². The van der Waals surface area contributed by atoms with Crippen LogP contribution in [0.15, 0.2) is 75.9 Å². The van der Waals surface area contributed by atoms with Crippen LogP contribution in [-0.2, 0) is 9.59 Å². The Labute approximate surface area is 216 Å². The number of ether oxygens (including phenoxy) is 4. The Morgan fingerprint density at radius 2 is 1.74 bits per heavy atom. The molecule has 0 bridgehead atoms. The Balaban J connectivity index is 1.59. The maximum Gasteiger partial charge on any atom is 0.344 e. The van der Waals surface area contributed by atoms with E-state index >= 15 is 0 Å². The summed E-state index contributed by atoms with van der Waals surface area (Å²) < 4.78 is 27.8. The van der Waals surface area contributed by atoms with Crippen molar-refractivity contribution < 1.29 is 33.0 Å². The highest BCUT2D eigenvalue weighted by Crippen LogP contribution is 2.46. The molecule has 10 heteroatoms. The summed E-state index contributed by atoms with van der Waals surface area (Å²) in [6, 6.07) is 18.7. The van der Waals surface area contributed by atoms with Crippen LogP contribution < -0.4 is 35.6 Å². The number of carbonyl (C=O) groups is 2. The van der Waals surface area contributed by atoms with Gasteiger partial charge >= 0.3 is 5.63 Å². The zero-order valence-electron chi connectivity index (χ0n) is 20.6. The highest BCUT2D eigenvalue weighted by atomic mass is 16.5. The van der Waals surface area contributed by atoms with Crippen molar-refractivity contribution in [2.45, 2.75) is 12.0 Å². The second kappa shape index (κ2) is 10.2. The summed E-state index contributed by atoms with van der Waals surface area (Å²) in [5.74, 6) is -0.453. The molecule has 2 heterocycles. The van der Waals surface area contributed by atoms with E-state index < -0.39 is 29.5 Å². The number of nitrogens with two attached hydrogens (primary N) is 1. The average Bonchev–Trinajstić information content (AvgIpc) is 3.34. The molecule has 3 N–H and O–H groups in total. The van der Waals surface area contributed by atoms with Gasteiger partial charge in [-0.2, -0.15) is 0 Å². The minimum Gasteiger partial charge on any atom is -0.497 e. The summed E-state index contributed by atoms with van der Waals surface area (Å²) in [6.07, 6.45) is -1.11. The van der Waals surface area contributed by atoms with E-state index in [0.717, 1.165) is 0 Å². The minimum absolute atomic E-state index is 0.214. The lowest BCUT2D eigenvalue weighted by atomic mass is 9.88. The smallest absolute Gasteiger partial charge is 0.344 e. The third-order valence-electron chi connectivity index (χ3n) is 6.19. The molecule has 0 fully saturated rings. The van der Waals surface area contributed by atoms with Crippen LogP contribution in [0.2, 0.25) is 0 Å². The predicted molar refractivity (Wildman–Crippen MR) is 138 cm³/mol. The lowest BCUT2D eigenvalue weighted by molar-refractivity contribution is -0.122. The molecule has 194 valence electrons. The van der Waals surface area contributed by atoms with E-state index in [4.69, 9.17) is 29.1 Å². The van der Waals surface area contributed by atoms with Gasteiger partial charge in [-0.25, -0.2) is 4.79 Å². The van der Waals surface area contributed by atoms with Crippen molar-refractivity contribution in [3.63, 3.8) is 0 Å². The van der Waals surface area contributed by atoms with E-state index in [1.807, 2.05) is 0 Å². The summed E-state index contributed by atoms with van der Waals surface area (Å²) in [5.41, 5.74) is 6.21. The predicted octanol–water partition coefficient (Wildman–Crippen LogP) is 3.21. The van der Waals surface area contributed by atoms with Crippen LogP contribution in [0.3, 0.4) is 0 Å². The lowest BCUT2D eigenvalue weighted by Crippen LogP contribution is -2.35. The van der Waals surface area contributed by atoms with Gasteiger partial charge in [-0.05, 0) is 54.1 Å². The Kier molecular flexibility index (Phi) is 6.61. The number of fused-ring (bicyclic) bond motifs is 3. The third-order valence-corrected chi connectivity index (χ3v) is 6.19. The Hall–Kier alpha value is -4.99. The van der Waals surface area contributed by atoms with Gasteiger partial charge in [0.1, 0.15) is 17.1 Å². The summed E-state index contributed by atoms with van der Waals surface area (Å²) in [7, 11) is 2.99. The lowest BCUT2D eigenvalue weighted by Gasteiger charge is -2.20. The monoisotopic (exact) mass is 516 g/mol. The fraction of sp³-hybridized carbons (Fsp3) is 0.179. The van der Waals surface area contributed by atoms with Crippen molar-refractivity contribution in [1.29, 1.82) is 0 Å². The first-order valence-electron chi connectivity index (χ1n) is 11.7. The molecule has 0 radical (unpaired) electrons. The fourth-order valence-electron chi connectivity index (χ4n) is 4.46. The van der Waals surface area contributed by atoms with Crippen LogP contribution in [0.4, 0.5) is 5.69 Å². The number of nitrogens with one attached hydrogen (secondary N) is 1. The van der Waals surface area contributed by atoms with E-state index in [1.54, 1.807) is 73.8 Å². The van der Waals surface area contributed by atoms with Crippen molar-refractivity contribution >= 4 is 28.5 Å². The average molecular weight is 517 g/mol. The van der Waals surface area contributed by atoms with Gasteiger partial charge in [-0.1, -0.05) is 18.2 Å². The van der Waals surface area contributed by atoms with Crippen molar-refractivity contribution in [1.82, 2.24) is 0 Å². The number of hydrogen-bond donors (Lipinski definition) is 2. The number of para-hydroxylation sites is 1. The van der Waals surface area contributed by atoms with Crippen molar-refractivity contribution in [3.05, 3.63) is 88.3 Å². The first-order chi connectivity index (χ1) is 18.4. The molecule has 1 aromatic heterocycles. The summed E-state index contributed by atoms with van der Waals surface area (Å²) in [4.78, 5) is 37.9. The molecule has 2 amide bonds. The van der Waals surface area contributed by atoms with Gasteiger partial charge < -0.3 is 34.4 Å². The Bertz CT molecular complexity index is 1580. The largest absolute Gasteiger partial charge is 0.497 e. The molecule has 0 aliphatic carbocycles. The molecular weight excluding hydrogens is 492 g/mol. The number of carbonyl (C=O) groups excluding carboxylic acids is 2. The second-order valence-electron chi connectivity index (χ2n) is 8.53. The molecule has 1 aliphatic heterocycles. The molecule has 10 nitrogen and oxygen atoms in total. The standard InChI is InChI=1S/C28H24N2O8/c1-34-17-10-8-16(9-11-17)30-27(32)26-23(15-7-12-20(21(13-15)35-2)36-14-22(29)31)24-25(38-26)18-5-3-4-6-19(18)37-28(24)33/h3-13,23,26H,14H2,1-2H3,(H2,29,31)(H,30,32). The number of rotatable bonds is 8. The van der Waals surface area contributed by atoms with E-state index in [9.17, 15) is 14.4 Å². The van der Waals surface area contributed by atoms with Crippen LogP contribution >= 0.6 is 0 Å². The van der Waals surface area contributed by atoms with E-state index in [0.29, 0.717) is 28.0 Å². The summed E-state index contributed by atoms with van der Waals surface area (Å²) in [6.45, 7) is -0.340. The maximum absolute atomic E-state index is 13.6. The number of anilines is 1. The second-order valence-corrected chi connectivity index (χ2v) is 8.53. The highest BCUT2D eigenvalue weighted by Gasteiger charge is 2.44. The van der Waals surface area contributed by atoms with E-state index in [1.165, 1.54) is 7.11 Å². The van der Waals surface area contributed by atoms with Gasteiger partial charge in [0.05, 0.1) is 31.1 Å². The Morgan fingerprint density at radius 3 is 2.45 bits per heavy atom. The molecule has 5 rings (SSSR count). The molecule has 2 atom stereocenters. The van der Waals surface area contributed by atoms with E-state index in [2.05, 4.69) is 5.32 Å². The normalized spacial score (nSPS) is 15.8. The highest BCUT2D eigenvalue weighted by molar-refractivity contribution is 5.97. The first-order valence-corrected chi connectivity index (χ1v) is 11.7. The number of primary amides is 1. The van der Waals surface area contributed by atoms with Crippen LogP contribution in [0, 0.1) is 0 Å². The van der Waals surface area contributed by atoms with Crippen LogP contribution in [-0.4, -0.2) is 38.7 Å². The van der Waals surface area contributed by atoms with Gasteiger partial charge in [-0.15, -0.1) is 0 Å². The number of amides is 2. The fourth-order valence-corrected chi connectivity index (χ4v) is 4.46. The minimum atomic E-state index is -1.11. The zero-order chi connectivity index (χ0) is 26.8. The topological polar surface area (TPSA) is 139 Å². The number of hydrogen-bond acceptors (Lipinski definition) is 8. The van der Waals surface area contributed by atoms with Gasteiger partial charge in [0.2, 0.25) is 0 Å². The van der Waals surface area contributed by atoms with Gasteiger partial charge in [0.15, 0.2) is 24.2 Å². The van der Waals surface area contributed by atoms with Crippen molar-refractivity contribution in [2.75, 3.05) is 26.1 Å². The van der Waals surface area contributed by atoms with Gasteiger partial charge in [-0.3, -0.25) is 9.59 Å². The van der Waals surface area contributed by atoms with Crippen LogP contribution in [0.25, 0.3) is 11.0 Å². The number of methoxy groups -OCH3 is 2. The number of benzene rings is 3. The van der Waals surface area contributed by atoms with Gasteiger partial charge in [0, 0.05) is 5.69 Å². The maximum atomic E-state index is 13.6. The molecule has 3 aromatic carbocycles. The van der Waals surface area contributed by atoms with Crippen LogP contribution in [0.1, 0.15) is 17.0 Å². The summed E-state index contributed by atoms with van der Waals surface area (Å²) in [5, 5.41) is 3.42. The zero-order valence-corrected chi connectivity index (χ0v) is 20.6. The van der Waals surface area contributed by atoms with E-state index in [-0.39, 0.29) is 29.4 Å². The Morgan fingerprint density at radius 1 is 0.974 bits per heavy atom. The third kappa shape index (κ3) is 4.59. The van der Waals surface area contributed by atoms with Crippen LogP contribution in [0.5, 0.6) is 23.0 Å². The molecule has 0 saturated carbocycles. The summed E-state index contributed by atoms with van der Waals surface area (Å²) >= 11 is 0.